The number of hydrogen-bond donors (Lipinski definition) is 2. The molecule has 3 aromatic rings. The van der Waals surface area contributed by atoms with E-state index in [2.05, 4.69) is 10.6 Å². The molecule has 0 spiro atoms. The van der Waals surface area contributed by atoms with Crippen molar-refractivity contribution < 1.29 is 14.4 Å². The first-order chi connectivity index (χ1) is 14.0. The van der Waals surface area contributed by atoms with Crippen LogP contribution in [0.3, 0.4) is 0 Å². The fourth-order valence-electron chi connectivity index (χ4n) is 4.26. The van der Waals surface area contributed by atoms with Crippen LogP contribution in [0.2, 0.25) is 0 Å². The highest BCUT2D eigenvalue weighted by molar-refractivity contribution is 6.14. The lowest BCUT2D eigenvalue weighted by Gasteiger charge is -2.20. The molecule has 5 rings (SSSR count). The summed E-state index contributed by atoms with van der Waals surface area (Å²) in [5.41, 5.74) is 2.94. The molecule has 2 aromatic carbocycles. The van der Waals surface area contributed by atoms with E-state index >= 15 is 0 Å². The van der Waals surface area contributed by atoms with Crippen molar-refractivity contribution in [1.29, 1.82) is 0 Å². The van der Waals surface area contributed by atoms with Crippen molar-refractivity contribution in [1.82, 2.24) is 9.47 Å². The molecule has 2 N–H and O–H groups in total. The van der Waals surface area contributed by atoms with Gasteiger partial charge in [0.15, 0.2) is 0 Å². The molecule has 1 aromatic heterocycles. The van der Waals surface area contributed by atoms with E-state index in [1.807, 2.05) is 36.0 Å². The molecule has 2 aliphatic heterocycles. The maximum Gasteiger partial charge on any atom is 0.256 e. The number of aromatic nitrogens is 1. The molecular weight excluding hydrogens is 368 g/mol. The zero-order valence-corrected chi connectivity index (χ0v) is 15.9. The Morgan fingerprint density at radius 1 is 1.17 bits per heavy atom. The zero-order valence-electron chi connectivity index (χ0n) is 15.9. The normalized spacial score (nSPS) is 18.2. The van der Waals surface area contributed by atoms with E-state index < -0.39 is 6.04 Å². The number of hydrogen-bond acceptors (Lipinski definition) is 3. The Morgan fingerprint density at radius 3 is 2.90 bits per heavy atom. The Hall–Kier alpha value is -3.61. The molecular formula is C22H20N4O3. The fourth-order valence-corrected chi connectivity index (χ4v) is 4.26. The molecule has 0 radical (unpaired) electrons. The fraction of sp³-hybridized carbons (Fsp3) is 0.227. The van der Waals surface area contributed by atoms with Gasteiger partial charge in [0.2, 0.25) is 5.91 Å². The molecule has 0 unspecified atom stereocenters. The van der Waals surface area contributed by atoms with Crippen molar-refractivity contribution in [3.8, 4) is 0 Å². The Kier molecular flexibility index (Phi) is 3.91. The van der Waals surface area contributed by atoms with Crippen LogP contribution in [0.4, 0.5) is 11.4 Å². The predicted molar refractivity (Wildman–Crippen MR) is 110 cm³/mol. The highest BCUT2D eigenvalue weighted by atomic mass is 16.2. The summed E-state index contributed by atoms with van der Waals surface area (Å²) in [6, 6.07) is 12.1. The van der Waals surface area contributed by atoms with Crippen LogP contribution in [0, 0.1) is 0 Å². The average Bonchev–Trinajstić information content (AvgIpc) is 3.33. The molecule has 0 saturated carbocycles. The molecule has 3 heterocycles. The van der Waals surface area contributed by atoms with E-state index in [1.165, 1.54) is 0 Å². The molecule has 0 bridgehead atoms. The monoisotopic (exact) mass is 388 g/mol. The van der Waals surface area contributed by atoms with Gasteiger partial charge in [0, 0.05) is 41.9 Å². The predicted octanol–water partition coefficient (Wildman–Crippen LogP) is 2.99. The number of rotatable bonds is 2. The zero-order chi connectivity index (χ0) is 20.1. The number of carbonyl (C=O) groups excluding carboxylic acids is 3. The van der Waals surface area contributed by atoms with Gasteiger partial charge in [-0.05, 0) is 49.2 Å². The Balaban J connectivity index is 1.47. The number of fused-ring (bicyclic) bond motifs is 3. The molecule has 1 saturated heterocycles. The minimum Gasteiger partial charge on any atom is -0.351 e. The maximum atomic E-state index is 13.0. The number of amides is 3. The largest absolute Gasteiger partial charge is 0.351 e. The van der Waals surface area contributed by atoms with Gasteiger partial charge in [-0.15, -0.1) is 0 Å². The molecule has 2 aliphatic rings. The highest BCUT2D eigenvalue weighted by Crippen LogP contribution is 2.31. The summed E-state index contributed by atoms with van der Waals surface area (Å²) in [4.78, 5) is 39.9. The van der Waals surface area contributed by atoms with Crippen molar-refractivity contribution in [3.63, 3.8) is 0 Å². The Morgan fingerprint density at radius 2 is 2.03 bits per heavy atom. The van der Waals surface area contributed by atoms with Crippen molar-refractivity contribution in [3.05, 3.63) is 59.8 Å². The topological polar surface area (TPSA) is 83.4 Å². The third-order valence-electron chi connectivity index (χ3n) is 5.75. The number of nitrogens with zero attached hydrogens (tertiary/aromatic N) is 2. The standard InChI is InChI=1S/C22H20N4O3/c1-25-11-9-14-15(4-2-5-18(14)25)20(27)23-13-7-8-17-16(12-13)22(29)26-10-3-6-19(26)21(28)24-17/h2,4-5,7-9,11-12,19H,3,6,10H2,1H3,(H,23,27)(H,24,28)/t19-/m0/s1. The first kappa shape index (κ1) is 17.5. The Labute approximate surface area is 167 Å². The van der Waals surface area contributed by atoms with Gasteiger partial charge >= 0.3 is 0 Å². The third-order valence-corrected chi connectivity index (χ3v) is 5.75. The van der Waals surface area contributed by atoms with Gasteiger partial charge in [-0.1, -0.05) is 6.07 Å². The van der Waals surface area contributed by atoms with E-state index in [0.29, 0.717) is 35.5 Å². The van der Waals surface area contributed by atoms with Crippen molar-refractivity contribution in [2.24, 2.45) is 7.05 Å². The van der Waals surface area contributed by atoms with E-state index in [-0.39, 0.29) is 17.7 Å². The smallest absolute Gasteiger partial charge is 0.256 e. The summed E-state index contributed by atoms with van der Waals surface area (Å²) in [6.07, 6.45) is 3.41. The van der Waals surface area contributed by atoms with Crippen LogP contribution in [0.1, 0.15) is 33.6 Å². The highest BCUT2D eigenvalue weighted by Gasteiger charge is 2.38. The van der Waals surface area contributed by atoms with Gasteiger partial charge in [-0.3, -0.25) is 14.4 Å². The summed E-state index contributed by atoms with van der Waals surface area (Å²) in [7, 11) is 1.93. The van der Waals surface area contributed by atoms with Crippen molar-refractivity contribution in [2.75, 3.05) is 17.2 Å². The van der Waals surface area contributed by atoms with E-state index in [0.717, 1.165) is 17.3 Å². The minimum absolute atomic E-state index is 0.151. The van der Waals surface area contributed by atoms with Crippen LogP contribution < -0.4 is 10.6 Å². The summed E-state index contributed by atoms with van der Waals surface area (Å²) < 4.78 is 1.96. The van der Waals surface area contributed by atoms with Crippen LogP contribution in [0.25, 0.3) is 10.9 Å². The van der Waals surface area contributed by atoms with Gasteiger partial charge in [0.25, 0.3) is 11.8 Å². The Bertz CT molecular complexity index is 1180. The molecule has 7 heteroatoms. The van der Waals surface area contributed by atoms with Crippen LogP contribution >= 0.6 is 0 Å². The van der Waals surface area contributed by atoms with Crippen molar-refractivity contribution in [2.45, 2.75) is 18.9 Å². The molecule has 1 atom stereocenters. The first-order valence-corrected chi connectivity index (χ1v) is 9.64. The SMILES string of the molecule is Cn1ccc2c(C(=O)Nc3ccc4c(c3)C(=O)N3CCC[C@H]3C(=O)N4)cccc21. The van der Waals surface area contributed by atoms with Crippen LogP contribution in [0.15, 0.2) is 48.7 Å². The van der Waals surface area contributed by atoms with Crippen LogP contribution in [-0.2, 0) is 11.8 Å². The summed E-state index contributed by atoms with van der Waals surface area (Å²) in [5, 5.41) is 6.60. The first-order valence-electron chi connectivity index (χ1n) is 9.64. The number of aryl methyl sites for hydroxylation is 1. The lowest BCUT2D eigenvalue weighted by atomic mass is 10.1. The van der Waals surface area contributed by atoms with Gasteiger partial charge in [0.05, 0.1) is 11.3 Å². The van der Waals surface area contributed by atoms with Gasteiger partial charge < -0.3 is 20.1 Å². The van der Waals surface area contributed by atoms with E-state index in [1.54, 1.807) is 29.2 Å². The average molecular weight is 388 g/mol. The molecule has 0 aliphatic carbocycles. The number of carbonyl (C=O) groups is 3. The lowest BCUT2D eigenvalue weighted by molar-refractivity contribution is -0.119. The second-order valence-corrected chi connectivity index (χ2v) is 7.53. The molecule has 7 nitrogen and oxygen atoms in total. The third kappa shape index (κ3) is 2.77. The lowest BCUT2D eigenvalue weighted by Crippen LogP contribution is -2.40. The maximum absolute atomic E-state index is 13.0. The number of nitrogens with one attached hydrogen (secondary N) is 2. The number of anilines is 2. The van der Waals surface area contributed by atoms with Crippen LogP contribution in [0.5, 0.6) is 0 Å². The molecule has 1 fully saturated rings. The molecule has 146 valence electrons. The van der Waals surface area contributed by atoms with Gasteiger partial charge in [-0.25, -0.2) is 0 Å². The van der Waals surface area contributed by atoms with Crippen molar-refractivity contribution >= 4 is 40.0 Å². The summed E-state index contributed by atoms with van der Waals surface area (Å²) in [5.74, 6) is -0.574. The molecule has 3 amide bonds. The summed E-state index contributed by atoms with van der Waals surface area (Å²) >= 11 is 0. The minimum atomic E-state index is -0.413. The van der Waals surface area contributed by atoms with E-state index in [9.17, 15) is 14.4 Å². The second-order valence-electron chi connectivity index (χ2n) is 7.53. The van der Waals surface area contributed by atoms with Gasteiger partial charge in [-0.2, -0.15) is 0 Å². The van der Waals surface area contributed by atoms with Crippen LogP contribution in [-0.4, -0.2) is 39.8 Å². The van der Waals surface area contributed by atoms with Gasteiger partial charge in [0.1, 0.15) is 6.04 Å². The molecule has 29 heavy (non-hydrogen) atoms. The second kappa shape index (κ2) is 6.48. The quantitative estimate of drug-likeness (QED) is 0.708. The number of benzene rings is 2. The summed E-state index contributed by atoms with van der Waals surface area (Å²) in [6.45, 7) is 0.572. The van der Waals surface area contributed by atoms with E-state index in [4.69, 9.17) is 0 Å².